The van der Waals surface area contributed by atoms with Crippen molar-refractivity contribution < 1.29 is 4.79 Å². The first-order chi connectivity index (χ1) is 14.1. The molecule has 2 aromatic carbocycles. The molecule has 1 aliphatic rings. The van der Waals surface area contributed by atoms with Gasteiger partial charge in [-0.3, -0.25) is 4.79 Å². The first-order valence-electron chi connectivity index (χ1n) is 9.77. The predicted octanol–water partition coefficient (Wildman–Crippen LogP) is 3.01. The van der Waals surface area contributed by atoms with Gasteiger partial charge in [0.25, 0.3) is 0 Å². The molecule has 1 aliphatic heterocycles. The molecule has 29 heavy (non-hydrogen) atoms. The molecule has 8 heteroatoms. The van der Waals surface area contributed by atoms with Gasteiger partial charge in [0.2, 0.25) is 5.91 Å². The average molecular weight is 407 g/mol. The van der Waals surface area contributed by atoms with Crippen LogP contribution in [0.15, 0.2) is 36.4 Å². The summed E-state index contributed by atoms with van der Waals surface area (Å²) in [6.07, 6.45) is 0. The highest BCUT2D eigenvalue weighted by Gasteiger charge is 2.24. The number of hydrogen-bond donors (Lipinski definition) is 0. The summed E-state index contributed by atoms with van der Waals surface area (Å²) in [6, 6.07) is 12.1. The number of fused-ring (bicyclic) bond motifs is 2. The van der Waals surface area contributed by atoms with Crippen molar-refractivity contribution in [2.24, 2.45) is 0 Å². The highest BCUT2D eigenvalue weighted by atomic mass is 32.1. The van der Waals surface area contributed by atoms with Gasteiger partial charge in [-0.15, -0.1) is 5.10 Å². The second-order valence-electron chi connectivity index (χ2n) is 7.53. The highest BCUT2D eigenvalue weighted by Crippen LogP contribution is 2.32. The molecule has 0 N–H and O–H groups in total. The molecule has 0 aliphatic carbocycles. The summed E-state index contributed by atoms with van der Waals surface area (Å²) in [5.41, 5.74) is 5.28. The van der Waals surface area contributed by atoms with Crippen molar-refractivity contribution in [2.45, 2.75) is 20.4 Å². The van der Waals surface area contributed by atoms with Crippen molar-refractivity contribution in [1.29, 1.82) is 0 Å². The van der Waals surface area contributed by atoms with Crippen LogP contribution < -0.4 is 4.90 Å². The number of para-hydroxylation sites is 1. The van der Waals surface area contributed by atoms with Crippen LogP contribution in [0.1, 0.15) is 11.1 Å². The summed E-state index contributed by atoms with van der Waals surface area (Å²) in [6.45, 7) is 7.44. The maximum atomic E-state index is 12.8. The molecule has 2 aromatic heterocycles. The fraction of sp³-hybridized carbons (Fsp3) is 0.333. The molecule has 0 spiro atoms. The maximum absolute atomic E-state index is 12.8. The summed E-state index contributed by atoms with van der Waals surface area (Å²) in [4.78, 5) is 21.8. The van der Waals surface area contributed by atoms with Crippen LogP contribution in [0.2, 0.25) is 0 Å². The molecule has 0 radical (unpaired) electrons. The van der Waals surface area contributed by atoms with Gasteiger partial charge >= 0.3 is 0 Å². The zero-order valence-corrected chi connectivity index (χ0v) is 17.3. The topological polar surface area (TPSA) is 67.2 Å². The van der Waals surface area contributed by atoms with Crippen molar-refractivity contribution in [3.05, 3.63) is 47.5 Å². The van der Waals surface area contributed by atoms with Crippen LogP contribution in [-0.4, -0.2) is 57.0 Å². The summed E-state index contributed by atoms with van der Waals surface area (Å²) in [5, 5.41) is 9.31. The van der Waals surface area contributed by atoms with Gasteiger partial charge in [0.1, 0.15) is 12.1 Å². The predicted molar refractivity (Wildman–Crippen MR) is 115 cm³/mol. The van der Waals surface area contributed by atoms with Crippen LogP contribution in [-0.2, 0) is 11.3 Å². The molecule has 0 bridgehead atoms. The third-order valence-corrected chi connectivity index (χ3v) is 6.68. The Labute approximate surface area is 172 Å². The molecule has 0 saturated carbocycles. The van der Waals surface area contributed by atoms with Gasteiger partial charge in [0.15, 0.2) is 5.13 Å². The molecule has 1 amide bonds. The Hall–Kier alpha value is -3.00. The number of piperazine rings is 1. The van der Waals surface area contributed by atoms with Crippen LogP contribution >= 0.6 is 11.3 Å². The van der Waals surface area contributed by atoms with Gasteiger partial charge < -0.3 is 9.80 Å². The number of aryl methyl sites for hydroxylation is 2. The van der Waals surface area contributed by atoms with Gasteiger partial charge in [-0.2, -0.15) is 0 Å². The molecular formula is C21H22N6OS. The number of rotatable bonds is 3. The second kappa shape index (κ2) is 7.11. The second-order valence-corrected chi connectivity index (χ2v) is 8.51. The Balaban J connectivity index is 1.26. The molecule has 1 fully saturated rings. The molecule has 1 saturated heterocycles. The van der Waals surface area contributed by atoms with Crippen LogP contribution in [0.3, 0.4) is 0 Å². The smallest absolute Gasteiger partial charge is 0.244 e. The third kappa shape index (κ3) is 3.33. The first-order valence-corrected chi connectivity index (χ1v) is 10.6. The van der Waals surface area contributed by atoms with Crippen molar-refractivity contribution in [3.8, 4) is 0 Å². The number of carbonyl (C=O) groups excluding carboxylic acids is 1. The van der Waals surface area contributed by atoms with Gasteiger partial charge in [0, 0.05) is 26.2 Å². The van der Waals surface area contributed by atoms with E-state index in [0.29, 0.717) is 13.1 Å². The molecule has 4 aromatic rings. The van der Waals surface area contributed by atoms with Crippen molar-refractivity contribution in [3.63, 3.8) is 0 Å². The molecule has 0 unspecified atom stereocenters. The van der Waals surface area contributed by atoms with E-state index in [9.17, 15) is 4.79 Å². The quantitative estimate of drug-likeness (QED) is 0.523. The number of carbonyl (C=O) groups is 1. The Morgan fingerprint density at radius 3 is 2.69 bits per heavy atom. The number of nitrogens with zero attached hydrogens (tertiary/aromatic N) is 6. The number of aromatic nitrogens is 4. The Bertz CT molecular complexity index is 1200. The minimum absolute atomic E-state index is 0.0797. The minimum atomic E-state index is 0.0797. The van der Waals surface area contributed by atoms with Crippen LogP contribution in [0.25, 0.3) is 21.3 Å². The zero-order chi connectivity index (χ0) is 20.0. The molecule has 148 valence electrons. The molecule has 0 atom stereocenters. The molecular weight excluding hydrogens is 384 g/mol. The van der Waals surface area contributed by atoms with E-state index in [0.717, 1.165) is 34.8 Å². The van der Waals surface area contributed by atoms with E-state index >= 15 is 0 Å². The fourth-order valence-corrected chi connectivity index (χ4v) is 4.98. The van der Waals surface area contributed by atoms with Gasteiger partial charge in [-0.05, 0) is 43.2 Å². The van der Waals surface area contributed by atoms with E-state index in [1.165, 1.54) is 15.8 Å². The van der Waals surface area contributed by atoms with E-state index in [-0.39, 0.29) is 12.5 Å². The fourth-order valence-electron chi connectivity index (χ4n) is 3.91. The number of benzene rings is 2. The van der Waals surface area contributed by atoms with E-state index in [4.69, 9.17) is 4.98 Å². The number of amides is 1. The van der Waals surface area contributed by atoms with Crippen LogP contribution in [0.5, 0.6) is 0 Å². The summed E-state index contributed by atoms with van der Waals surface area (Å²) >= 11 is 1.74. The summed E-state index contributed by atoms with van der Waals surface area (Å²) < 4.78 is 2.94. The monoisotopic (exact) mass is 406 g/mol. The number of hydrogen-bond acceptors (Lipinski definition) is 6. The molecule has 3 heterocycles. The normalized spacial score (nSPS) is 14.8. The Kier molecular flexibility index (Phi) is 4.43. The Morgan fingerprint density at radius 1 is 1.07 bits per heavy atom. The lowest BCUT2D eigenvalue weighted by molar-refractivity contribution is -0.132. The number of thiazole rings is 1. The lowest BCUT2D eigenvalue weighted by Crippen LogP contribution is -2.49. The summed E-state index contributed by atoms with van der Waals surface area (Å²) in [5.74, 6) is 0.0797. The van der Waals surface area contributed by atoms with Gasteiger partial charge in [-0.1, -0.05) is 34.7 Å². The first kappa shape index (κ1) is 18.1. The van der Waals surface area contributed by atoms with Gasteiger partial charge in [-0.25, -0.2) is 9.67 Å². The number of anilines is 1. The Morgan fingerprint density at radius 2 is 1.86 bits per heavy atom. The SMILES string of the molecule is Cc1cc(C)c2sc(N3CCN(C(=O)Cn4nnc5ccccc54)CC3)nc2c1. The van der Waals surface area contributed by atoms with Crippen molar-refractivity contribution in [1.82, 2.24) is 24.9 Å². The van der Waals surface area contributed by atoms with E-state index in [1.54, 1.807) is 16.0 Å². The summed E-state index contributed by atoms with van der Waals surface area (Å²) in [7, 11) is 0. The van der Waals surface area contributed by atoms with E-state index in [1.807, 2.05) is 29.2 Å². The highest BCUT2D eigenvalue weighted by molar-refractivity contribution is 7.22. The standard InChI is InChI=1S/C21H22N6OS/c1-14-11-15(2)20-17(12-14)22-21(29-20)26-9-7-25(8-10-26)19(28)13-27-18-6-4-3-5-16(18)23-24-27/h3-6,11-12H,7-10,13H2,1-2H3. The minimum Gasteiger partial charge on any atom is -0.345 e. The maximum Gasteiger partial charge on any atom is 0.244 e. The third-order valence-electron chi connectivity index (χ3n) is 5.42. The average Bonchev–Trinajstić information content (AvgIpc) is 3.33. The molecule has 5 rings (SSSR count). The van der Waals surface area contributed by atoms with E-state index < -0.39 is 0 Å². The lowest BCUT2D eigenvalue weighted by Gasteiger charge is -2.34. The van der Waals surface area contributed by atoms with Crippen molar-refractivity contribution in [2.75, 3.05) is 31.1 Å². The largest absolute Gasteiger partial charge is 0.345 e. The van der Waals surface area contributed by atoms with Crippen molar-refractivity contribution >= 4 is 43.6 Å². The lowest BCUT2D eigenvalue weighted by atomic mass is 10.1. The molecule has 7 nitrogen and oxygen atoms in total. The van der Waals surface area contributed by atoms with Crippen LogP contribution in [0, 0.1) is 13.8 Å². The van der Waals surface area contributed by atoms with E-state index in [2.05, 4.69) is 41.2 Å². The zero-order valence-electron chi connectivity index (χ0n) is 16.5. The van der Waals surface area contributed by atoms with Crippen LogP contribution in [0.4, 0.5) is 5.13 Å². The van der Waals surface area contributed by atoms with Gasteiger partial charge in [0.05, 0.1) is 15.7 Å².